The van der Waals surface area contributed by atoms with Crippen LogP contribution in [-0.2, 0) is 0 Å². The first-order valence-corrected chi connectivity index (χ1v) is 7.12. The second kappa shape index (κ2) is 5.46. The van der Waals surface area contributed by atoms with Crippen LogP contribution in [0.15, 0.2) is 76.2 Å². The van der Waals surface area contributed by atoms with E-state index in [1.165, 1.54) is 6.20 Å². The molecule has 0 atom stereocenters. The molecular weight excluding hydrogens is 292 g/mol. The van der Waals surface area contributed by atoms with E-state index in [0.29, 0.717) is 22.4 Å². The summed E-state index contributed by atoms with van der Waals surface area (Å²) in [6.07, 6.45) is 1.54. The van der Waals surface area contributed by atoms with Gasteiger partial charge in [-0.1, -0.05) is 23.4 Å². The van der Waals surface area contributed by atoms with Gasteiger partial charge in [0.05, 0.1) is 0 Å². The number of aromatic amines is 1. The summed E-state index contributed by atoms with van der Waals surface area (Å²) in [5.41, 5.74) is 1.56. The summed E-state index contributed by atoms with van der Waals surface area (Å²) in [5.74, 6) is 1.48. The lowest BCUT2D eigenvalue weighted by atomic mass is 10.1. The van der Waals surface area contributed by atoms with Crippen LogP contribution in [0.4, 0.5) is 0 Å². The topological polar surface area (TPSA) is 68.1 Å². The van der Waals surface area contributed by atoms with E-state index >= 15 is 0 Å². The summed E-state index contributed by atoms with van der Waals surface area (Å²) in [5, 5.41) is 4.45. The average Bonchev–Trinajstić information content (AvgIpc) is 3.02. The second-order valence-corrected chi connectivity index (χ2v) is 5.02. The molecule has 23 heavy (non-hydrogen) atoms. The van der Waals surface area contributed by atoms with Crippen molar-refractivity contribution in [1.82, 2.24) is 10.1 Å². The van der Waals surface area contributed by atoms with E-state index in [9.17, 15) is 4.79 Å². The van der Waals surface area contributed by atoms with Crippen LogP contribution in [0.25, 0.3) is 22.2 Å². The quantitative estimate of drug-likeness (QED) is 0.621. The first-order chi connectivity index (χ1) is 11.3. The number of benzene rings is 2. The summed E-state index contributed by atoms with van der Waals surface area (Å²) in [6, 6.07) is 18.6. The maximum Gasteiger partial charge on any atom is 0.261 e. The maximum absolute atomic E-state index is 12.0. The average molecular weight is 304 g/mol. The Morgan fingerprint density at radius 2 is 1.65 bits per heavy atom. The van der Waals surface area contributed by atoms with Crippen molar-refractivity contribution < 1.29 is 9.26 Å². The number of para-hydroxylation sites is 1. The number of nitrogens with one attached hydrogen (secondary N) is 1. The summed E-state index contributed by atoms with van der Waals surface area (Å²) < 4.78 is 11.0. The van der Waals surface area contributed by atoms with Gasteiger partial charge in [-0.25, -0.2) is 0 Å². The third-order valence-corrected chi connectivity index (χ3v) is 3.50. The van der Waals surface area contributed by atoms with Crippen LogP contribution in [0.5, 0.6) is 11.5 Å². The van der Waals surface area contributed by atoms with Crippen LogP contribution in [0, 0.1) is 0 Å². The largest absolute Gasteiger partial charge is 0.457 e. The van der Waals surface area contributed by atoms with Crippen molar-refractivity contribution in [1.29, 1.82) is 0 Å². The molecule has 112 valence electrons. The van der Waals surface area contributed by atoms with Crippen LogP contribution in [-0.4, -0.2) is 10.1 Å². The van der Waals surface area contributed by atoms with Crippen molar-refractivity contribution in [2.75, 3.05) is 0 Å². The standard InChI is InChI=1S/C18H12N2O3/c21-18-16-15(10-11-19-18)23-20-17(16)12-6-8-14(9-7-12)22-13-4-2-1-3-5-13/h1-11H,(H,19,21). The Labute approximate surface area is 131 Å². The number of hydrogen-bond donors (Lipinski definition) is 1. The molecule has 0 saturated heterocycles. The van der Waals surface area contributed by atoms with Gasteiger partial charge in [0.25, 0.3) is 5.56 Å². The molecule has 4 rings (SSSR count). The normalized spacial score (nSPS) is 10.8. The van der Waals surface area contributed by atoms with Gasteiger partial charge in [-0.3, -0.25) is 4.79 Å². The summed E-state index contributed by atoms with van der Waals surface area (Å²) in [6.45, 7) is 0. The van der Waals surface area contributed by atoms with Gasteiger partial charge in [0.1, 0.15) is 22.6 Å². The van der Waals surface area contributed by atoms with E-state index in [1.54, 1.807) is 6.07 Å². The van der Waals surface area contributed by atoms with Crippen molar-refractivity contribution in [3.63, 3.8) is 0 Å². The Balaban J connectivity index is 1.69. The first-order valence-electron chi connectivity index (χ1n) is 7.12. The van der Waals surface area contributed by atoms with Crippen molar-refractivity contribution in [2.24, 2.45) is 0 Å². The number of H-pyrrole nitrogens is 1. The van der Waals surface area contributed by atoms with Crippen LogP contribution >= 0.6 is 0 Å². The van der Waals surface area contributed by atoms with Gasteiger partial charge in [-0.15, -0.1) is 0 Å². The fourth-order valence-corrected chi connectivity index (χ4v) is 2.40. The van der Waals surface area contributed by atoms with Crippen molar-refractivity contribution in [3.05, 3.63) is 77.2 Å². The predicted molar refractivity (Wildman–Crippen MR) is 86.6 cm³/mol. The summed E-state index contributed by atoms with van der Waals surface area (Å²) in [4.78, 5) is 14.6. The van der Waals surface area contributed by atoms with Crippen LogP contribution in [0.2, 0.25) is 0 Å². The molecule has 0 aliphatic carbocycles. The summed E-state index contributed by atoms with van der Waals surface area (Å²) >= 11 is 0. The van der Waals surface area contributed by atoms with Crippen LogP contribution < -0.4 is 10.3 Å². The molecule has 0 spiro atoms. The minimum atomic E-state index is -0.219. The van der Waals surface area contributed by atoms with Gasteiger partial charge in [0.2, 0.25) is 0 Å². The molecule has 0 radical (unpaired) electrons. The zero-order valence-corrected chi connectivity index (χ0v) is 12.0. The fraction of sp³-hybridized carbons (Fsp3) is 0. The molecule has 2 aromatic carbocycles. The smallest absolute Gasteiger partial charge is 0.261 e. The zero-order chi connectivity index (χ0) is 15.6. The van der Waals surface area contributed by atoms with Crippen LogP contribution in [0.1, 0.15) is 0 Å². The molecule has 5 heteroatoms. The monoisotopic (exact) mass is 304 g/mol. The van der Waals surface area contributed by atoms with E-state index in [4.69, 9.17) is 9.26 Å². The third kappa shape index (κ3) is 2.48. The number of pyridine rings is 1. The molecule has 0 saturated carbocycles. The third-order valence-electron chi connectivity index (χ3n) is 3.50. The van der Waals surface area contributed by atoms with E-state index in [-0.39, 0.29) is 5.56 Å². The van der Waals surface area contributed by atoms with Crippen molar-refractivity contribution in [3.8, 4) is 22.8 Å². The van der Waals surface area contributed by atoms with Crippen molar-refractivity contribution in [2.45, 2.75) is 0 Å². The molecule has 0 aliphatic rings. The molecular formula is C18H12N2O3. The molecule has 2 aromatic heterocycles. The lowest BCUT2D eigenvalue weighted by Crippen LogP contribution is -2.03. The molecule has 1 N–H and O–H groups in total. The molecule has 0 amide bonds. The van der Waals surface area contributed by atoms with Gasteiger partial charge in [0, 0.05) is 17.8 Å². The van der Waals surface area contributed by atoms with E-state index in [1.807, 2.05) is 54.6 Å². The highest BCUT2D eigenvalue weighted by atomic mass is 16.5. The Morgan fingerprint density at radius 1 is 0.913 bits per heavy atom. The number of fused-ring (bicyclic) bond motifs is 1. The van der Waals surface area contributed by atoms with Crippen molar-refractivity contribution >= 4 is 11.0 Å². The Kier molecular flexibility index (Phi) is 3.16. The highest BCUT2D eigenvalue weighted by Gasteiger charge is 2.13. The lowest BCUT2D eigenvalue weighted by molar-refractivity contribution is 0.459. The lowest BCUT2D eigenvalue weighted by Gasteiger charge is -2.05. The molecule has 4 aromatic rings. The van der Waals surface area contributed by atoms with E-state index < -0.39 is 0 Å². The van der Waals surface area contributed by atoms with Gasteiger partial charge in [-0.2, -0.15) is 0 Å². The highest BCUT2D eigenvalue weighted by Crippen LogP contribution is 2.28. The molecule has 5 nitrogen and oxygen atoms in total. The number of hydrogen-bond acceptors (Lipinski definition) is 4. The SMILES string of the molecule is O=c1[nH]ccc2onc(-c3ccc(Oc4ccccc4)cc3)c12. The van der Waals surface area contributed by atoms with Gasteiger partial charge >= 0.3 is 0 Å². The summed E-state index contributed by atoms with van der Waals surface area (Å²) in [7, 11) is 0. The number of ether oxygens (including phenoxy) is 1. The van der Waals surface area contributed by atoms with E-state index in [0.717, 1.165) is 11.3 Å². The van der Waals surface area contributed by atoms with Gasteiger partial charge < -0.3 is 14.2 Å². The number of rotatable bonds is 3. The Hall–Kier alpha value is -3.34. The van der Waals surface area contributed by atoms with Crippen LogP contribution in [0.3, 0.4) is 0 Å². The zero-order valence-electron chi connectivity index (χ0n) is 12.0. The Morgan fingerprint density at radius 3 is 2.43 bits per heavy atom. The minimum Gasteiger partial charge on any atom is -0.457 e. The Bertz CT molecular complexity index is 1000. The van der Waals surface area contributed by atoms with Gasteiger partial charge in [0.15, 0.2) is 5.58 Å². The molecule has 0 unspecified atom stereocenters. The maximum atomic E-state index is 12.0. The first kappa shape index (κ1) is 13.3. The molecule has 0 aliphatic heterocycles. The number of nitrogens with zero attached hydrogens (tertiary/aromatic N) is 1. The van der Waals surface area contributed by atoms with E-state index in [2.05, 4.69) is 10.1 Å². The highest BCUT2D eigenvalue weighted by molar-refractivity contribution is 5.90. The molecule has 0 bridgehead atoms. The predicted octanol–water partition coefficient (Wildman–Crippen LogP) is 3.98. The fourth-order valence-electron chi connectivity index (χ4n) is 2.40. The number of aromatic nitrogens is 2. The second-order valence-electron chi connectivity index (χ2n) is 5.02. The van der Waals surface area contributed by atoms with Gasteiger partial charge in [-0.05, 0) is 36.4 Å². The molecule has 2 heterocycles. The molecule has 0 fully saturated rings. The minimum absolute atomic E-state index is 0.219.